The summed E-state index contributed by atoms with van der Waals surface area (Å²) in [7, 11) is 0. The van der Waals surface area contributed by atoms with Gasteiger partial charge in [-0.15, -0.1) is 0 Å². The molecule has 1 aromatic carbocycles. The maximum absolute atomic E-state index is 12.2. The van der Waals surface area contributed by atoms with E-state index in [1.165, 1.54) is 6.92 Å². The molecule has 1 fully saturated rings. The normalized spacial score (nSPS) is 18.7. The molecule has 2 N–H and O–H groups in total. The Hall–Kier alpha value is -3.03. The number of amides is 2. The Morgan fingerprint density at radius 3 is 3.20 bits per heavy atom. The molecule has 1 saturated heterocycles. The Morgan fingerprint density at radius 2 is 2.36 bits per heavy atom. The van der Waals surface area contributed by atoms with Gasteiger partial charge < -0.3 is 14.8 Å². The molecule has 1 unspecified atom stereocenters. The number of aromatic nitrogens is 2. The first-order chi connectivity index (χ1) is 12.1. The summed E-state index contributed by atoms with van der Waals surface area (Å²) in [5.74, 6) is 0.557. The van der Waals surface area contributed by atoms with Crippen molar-refractivity contribution in [1.82, 2.24) is 15.5 Å². The Labute approximate surface area is 144 Å². The summed E-state index contributed by atoms with van der Waals surface area (Å²) in [5, 5.41) is 9.78. The molecular weight excluding hydrogens is 324 g/mol. The van der Waals surface area contributed by atoms with E-state index in [0.717, 1.165) is 23.2 Å². The largest absolute Gasteiger partial charge is 0.492 e. The summed E-state index contributed by atoms with van der Waals surface area (Å²) < 4.78 is 11.2. The van der Waals surface area contributed by atoms with Gasteiger partial charge in [0.15, 0.2) is 0 Å². The third-order valence-corrected chi connectivity index (χ3v) is 4.35. The van der Waals surface area contributed by atoms with E-state index in [0.29, 0.717) is 31.1 Å². The summed E-state index contributed by atoms with van der Waals surface area (Å²) in [6, 6.07) is 5.62. The van der Waals surface area contributed by atoms with Gasteiger partial charge in [0.2, 0.25) is 5.91 Å². The number of carbonyl (C=O) groups is 2. The lowest BCUT2D eigenvalue weighted by atomic mass is 10.1. The van der Waals surface area contributed by atoms with Crippen molar-refractivity contribution in [2.24, 2.45) is 0 Å². The molecule has 2 aromatic rings. The number of nitrogens with zero attached hydrogens (tertiary/aromatic N) is 2. The lowest BCUT2D eigenvalue weighted by molar-refractivity contribution is -0.119. The van der Waals surface area contributed by atoms with E-state index >= 15 is 0 Å². The van der Waals surface area contributed by atoms with Crippen LogP contribution in [-0.4, -0.2) is 48.0 Å². The summed E-state index contributed by atoms with van der Waals surface area (Å²) >= 11 is 0. The van der Waals surface area contributed by atoms with Crippen molar-refractivity contribution in [3.8, 4) is 17.0 Å². The Balaban J connectivity index is 1.58. The Bertz CT molecular complexity index is 832. The van der Waals surface area contributed by atoms with Gasteiger partial charge in [-0.3, -0.25) is 14.8 Å². The monoisotopic (exact) mass is 342 g/mol. The molecule has 1 aromatic heterocycles. The van der Waals surface area contributed by atoms with Gasteiger partial charge in [-0.25, -0.2) is 4.79 Å². The fourth-order valence-electron chi connectivity index (χ4n) is 3.11. The zero-order valence-electron chi connectivity index (χ0n) is 13.7. The van der Waals surface area contributed by atoms with Crippen molar-refractivity contribution < 1.29 is 19.1 Å². The molecule has 4 rings (SSSR count). The number of benzene rings is 1. The van der Waals surface area contributed by atoms with E-state index in [1.807, 2.05) is 24.4 Å². The maximum atomic E-state index is 12.2. The number of anilines is 1. The van der Waals surface area contributed by atoms with Crippen molar-refractivity contribution in [2.75, 3.05) is 24.6 Å². The molecule has 8 nitrogen and oxygen atoms in total. The highest BCUT2D eigenvalue weighted by Crippen LogP contribution is 2.37. The molecule has 8 heteroatoms. The second-order valence-corrected chi connectivity index (χ2v) is 6.10. The number of rotatable bonds is 3. The van der Waals surface area contributed by atoms with Crippen LogP contribution in [0.2, 0.25) is 0 Å². The Morgan fingerprint density at radius 1 is 1.48 bits per heavy atom. The molecule has 0 bridgehead atoms. The van der Waals surface area contributed by atoms with Crippen LogP contribution in [0.5, 0.6) is 5.75 Å². The fourth-order valence-corrected chi connectivity index (χ4v) is 3.11. The quantitative estimate of drug-likeness (QED) is 0.880. The van der Waals surface area contributed by atoms with Gasteiger partial charge >= 0.3 is 6.09 Å². The van der Waals surface area contributed by atoms with Crippen LogP contribution in [0.4, 0.5) is 10.5 Å². The first-order valence-corrected chi connectivity index (χ1v) is 8.14. The van der Waals surface area contributed by atoms with Gasteiger partial charge in [0, 0.05) is 30.5 Å². The average Bonchev–Trinajstić information content (AvgIpc) is 3.15. The zero-order chi connectivity index (χ0) is 17.4. The number of aromatic amines is 1. The van der Waals surface area contributed by atoms with Crippen molar-refractivity contribution in [3.05, 3.63) is 30.0 Å². The third kappa shape index (κ3) is 2.90. The molecule has 3 heterocycles. The van der Waals surface area contributed by atoms with Crippen LogP contribution in [0, 0.1) is 0 Å². The van der Waals surface area contributed by atoms with E-state index in [1.54, 1.807) is 4.90 Å². The van der Waals surface area contributed by atoms with Crippen molar-refractivity contribution in [1.29, 1.82) is 0 Å². The molecule has 2 aliphatic heterocycles. The van der Waals surface area contributed by atoms with Gasteiger partial charge in [0.05, 0.1) is 37.3 Å². The van der Waals surface area contributed by atoms with Crippen LogP contribution < -0.4 is 15.0 Å². The molecule has 25 heavy (non-hydrogen) atoms. The number of nitrogens with one attached hydrogen (secondary N) is 2. The second kappa shape index (κ2) is 6.12. The summed E-state index contributed by atoms with van der Waals surface area (Å²) in [4.78, 5) is 24.7. The fraction of sp³-hybridized carbons (Fsp3) is 0.353. The summed E-state index contributed by atoms with van der Waals surface area (Å²) in [5.41, 5.74) is 3.70. The zero-order valence-corrected chi connectivity index (χ0v) is 13.7. The van der Waals surface area contributed by atoms with E-state index in [2.05, 4.69) is 15.5 Å². The highest BCUT2D eigenvalue weighted by atomic mass is 16.6. The van der Waals surface area contributed by atoms with Crippen LogP contribution in [-0.2, 0) is 16.0 Å². The highest BCUT2D eigenvalue weighted by Gasteiger charge is 2.33. The first-order valence-electron chi connectivity index (χ1n) is 8.14. The Kier molecular flexibility index (Phi) is 3.79. The topological polar surface area (TPSA) is 96.5 Å². The van der Waals surface area contributed by atoms with E-state index < -0.39 is 6.09 Å². The minimum absolute atomic E-state index is 0.150. The number of cyclic esters (lactones) is 1. The lowest BCUT2D eigenvalue weighted by Crippen LogP contribution is -2.33. The van der Waals surface area contributed by atoms with Crippen LogP contribution in [0.25, 0.3) is 11.3 Å². The number of hydrogen-bond acceptors (Lipinski definition) is 5. The number of hydrogen-bond donors (Lipinski definition) is 2. The molecule has 0 radical (unpaired) electrons. The lowest BCUT2D eigenvalue weighted by Gasteiger charge is -2.16. The van der Waals surface area contributed by atoms with Crippen LogP contribution in [0.1, 0.15) is 12.5 Å². The molecule has 2 aliphatic rings. The molecule has 0 aliphatic carbocycles. The minimum Gasteiger partial charge on any atom is -0.492 e. The average molecular weight is 342 g/mol. The SMILES string of the molecule is CC(=O)NCC1CN(c2ccc3c(c2)OCCc2cn[nH]c2-3)C(=O)O1. The highest BCUT2D eigenvalue weighted by molar-refractivity contribution is 5.91. The van der Waals surface area contributed by atoms with Crippen molar-refractivity contribution in [2.45, 2.75) is 19.4 Å². The number of H-pyrrole nitrogens is 1. The predicted octanol–water partition coefficient (Wildman–Crippen LogP) is 1.47. The molecule has 2 amide bonds. The molecule has 0 spiro atoms. The van der Waals surface area contributed by atoms with Crippen LogP contribution >= 0.6 is 0 Å². The van der Waals surface area contributed by atoms with Crippen LogP contribution in [0.3, 0.4) is 0 Å². The number of ether oxygens (including phenoxy) is 2. The molecule has 0 saturated carbocycles. The van der Waals surface area contributed by atoms with Gasteiger partial charge in [0.25, 0.3) is 0 Å². The van der Waals surface area contributed by atoms with Crippen molar-refractivity contribution in [3.63, 3.8) is 0 Å². The van der Waals surface area contributed by atoms with Crippen molar-refractivity contribution >= 4 is 17.7 Å². The molecular formula is C17H18N4O4. The third-order valence-electron chi connectivity index (χ3n) is 4.35. The second-order valence-electron chi connectivity index (χ2n) is 6.10. The molecule has 130 valence electrons. The van der Waals surface area contributed by atoms with Gasteiger partial charge in [-0.1, -0.05) is 0 Å². The first kappa shape index (κ1) is 15.5. The van der Waals surface area contributed by atoms with E-state index in [-0.39, 0.29) is 12.0 Å². The van der Waals surface area contributed by atoms with Crippen LogP contribution in [0.15, 0.2) is 24.4 Å². The summed E-state index contributed by atoms with van der Waals surface area (Å²) in [6.07, 6.45) is 1.80. The smallest absolute Gasteiger partial charge is 0.414 e. The standard InChI is InChI=1S/C17H18N4O4/c1-10(22)18-8-13-9-21(17(23)25-13)12-2-3-14-15(6-12)24-5-4-11-7-19-20-16(11)14/h2-3,6-7,13H,4-5,8-9H2,1H3,(H,18,22)(H,19,20). The van der Waals surface area contributed by atoms with Gasteiger partial charge in [0.1, 0.15) is 11.9 Å². The van der Waals surface area contributed by atoms with Gasteiger partial charge in [-0.05, 0) is 12.1 Å². The van der Waals surface area contributed by atoms with E-state index in [9.17, 15) is 9.59 Å². The van der Waals surface area contributed by atoms with E-state index in [4.69, 9.17) is 9.47 Å². The van der Waals surface area contributed by atoms with Gasteiger partial charge in [-0.2, -0.15) is 5.10 Å². The summed E-state index contributed by atoms with van der Waals surface area (Å²) in [6.45, 7) is 2.67. The minimum atomic E-state index is -0.425. The maximum Gasteiger partial charge on any atom is 0.414 e. The number of fused-ring (bicyclic) bond motifs is 3. The molecule has 1 atom stereocenters. The predicted molar refractivity (Wildman–Crippen MR) is 89.5 cm³/mol. The number of carbonyl (C=O) groups excluding carboxylic acids is 2.